The van der Waals surface area contributed by atoms with E-state index >= 15 is 0 Å². The molecule has 0 aliphatic heterocycles. The van der Waals surface area contributed by atoms with E-state index < -0.39 is 12.0 Å². The van der Waals surface area contributed by atoms with E-state index in [1.807, 2.05) is 32.0 Å². The number of carboxylic acids is 1. The van der Waals surface area contributed by atoms with Gasteiger partial charge in [-0.2, -0.15) is 0 Å². The lowest BCUT2D eigenvalue weighted by atomic mass is 10.0. The van der Waals surface area contributed by atoms with Crippen LogP contribution in [0.3, 0.4) is 0 Å². The highest BCUT2D eigenvalue weighted by Crippen LogP contribution is 2.08. The fourth-order valence-corrected chi connectivity index (χ4v) is 1.90. The summed E-state index contributed by atoms with van der Waals surface area (Å²) in [5.41, 5.74) is 0.828. The van der Waals surface area contributed by atoms with Gasteiger partial charge in [-0.3, -0.25) is 10.1 Å². The summed E-state index contributed by atoms with van der Waals surface area (Å²) in [7, 11) is 0. The molecule has 4 nitrogen and oxygen atoms in total. The molecule has 0 aliphatic carbocycles. The van der Waals surface area contributed by atoms with Crippen LogP contribution in [0.2, 0.25) is 0 Å². The second-order valence-corrected chi connectivity index (χ2v) is 5.17. The van der Waals surface area contributed by atoms with E-state index in [9.17, 15) is 4.79 Å². The summed E-state index contributed by atoms with van der Waals surface area (Å²) in [5, 5.41) is 12.1. The quantitative estimate of drug-likeness (QED) is 0.792. The zero-order valence-corrected chi connectivity index (χ0v) is 11.6. The minimum atomic E-state index is -0.811. The number of hydrogen-bond donors (Lipinski definition) is 2. The summed E-state index contributed by atoms with van der Waals surface area (Å²) in [6, 6.07) is 5.07. The normalized spacial score (nSPS) is 12.7. The molecule has 5 heteroatoms. The van der Waals surface area contributed by atoms with Crippen LogP contribution in [-0.4, -0.2) is 22.1 Å². The van der Waals surface area contributed by atoms with Gasteiger partial charge in [-0.15, -0.1) is 0 Å². The van der Waals surface area contributed by atoms with Gasteiger partial charge in [-0.25, -0.2) is 4.98 Å². The van der Waals surface area contributed by atoms with Crippen LogP contribution in [0.15, 0.2) is 22.8 Å². The highest BCUT2D eigenvalue weighted by molar-refractivity contribution is 9.10. The Morgan fingerprint density at radius 2 is 2.24 bits per heavy atom. The highest BCUT2D eigenvalue weighted by atomic mass is 79.9. The van der Waals surface area contributed by atoms with Gasteiger partial charge in [0.25, 0.3) is 0 Å². The Labute approximate surface area is 110 Å². The van der Waals surface area contributed by atoms with Gasteiger partial charge in [-0.1, -0.05) is 19.9 Å². The Morgan fingerprint density at radius 1 is 1.53 bits per heavy atom. The van der Waals surface area contributed by atoms with Crippen LogP contribution in [0.1, 0.15) is 26.0 Å². The molecule has 0 amide bonds. The number of pyridine rings is 1. The fourth-order valence-electron chi connectivity index (χ4n) is 1.52. The van der Waals surface area contributed by atoms with E-state index in [1.54, 1.807) is 0 Å². The van der Waals surface area contributed by atoms with Gasteiger partial charge in [0.2, 0.25) is 0 Å². The summed E-state index contributed by atoms with van der Waals surface area (Å²) in [6.45, 7) is 4.48. The van der Waals surface area contributed by atoms with Crippen LogP contribution in [-0.2, 0) is 11.3 Å². The average molecular weight is 301 g/mol. The molecule has 1 unspecified atom stereocenters. The zero-order chi connectivity index (χ0) is 12.8. The van der Waals surface area contributed by atoms with Crippen LogP contribution in [0.5, 0.6) is 0 Å². The number of carboxylic acid groups (broad SMARTS) is 1. The van der Waals surface area contributed by atoms with Crippen molar-refractivity contribution in [1.82, 2.24) is 10.3 Å². The Balaban J connectivity index is 2.54. The number of aromatic nitrogens is 1. The predicted octanol–water partition coefficient (Wildman–Crippen LogP) is 2.43. The molecular formula is C12H17BrN2O2. The van der Waals surface area contributed by atoms with Crippen LogP contribution >= 0.6 is 15.9 Å². The predicted molar refractivity (Wildman–Crippen MR) is 69.7 cm³/mol. The Hall–Kier alpha value is -0.940. The van der Waals surface area contributed by atoms with Crippen molar-refractivity contribution in [2.24, 2.45) is 5.92 Å². The zero-order valence-electron chi connectivity index (χ0n) is 9.98. The maximum Gasteiger partial charge on any atom is 0.320 e. The monoisotopic (exact) mass is 300 g/mol. The van der Waals surface area contributed by atoms with Gasteiger partial charge in [0, 0.05) is 6.54 Å². The van der Waals surface area contributed by atoms with Crippen molar-refractivity contribution in [2.45, 2.75) is 32.9 Å². The number of carbonyl (C=O) groups is 1. The van der Waals surface area contributed by atoms with Crippen LogP contribution in [0.25, 0.3) is 0 Å². The molecule has 1 aromatic heterocycles. The molecule has 94 valence electrons. The van der Waals surface area contributed by atoms with E-state index in [2.05, 4.69) is 26.2 Å². The molecule has 1 atom stereocenters. The minimum absolute atomic E-state index is 0.346. The molecular weight excluding hydrogens is 284 g/mol. The number of hydrogen-bond acceptors (Lipinski definition) is 3. The van der Waals surface area contributed by atoms with Gasteiger partial charge in [0.1, 0.15) is 10.6 Å². The lowest BCUT2D eigenvalue weighted by Crippen LogP contribution is -2.37. The third-order valence-corrected chi connectivity index (χ3v) is 2.75. The van der Waals surface area contributed by atoms with Crippen molar-refractivity contribution in [3.63, 3.8) is 0 Å². The van der Waals surface area contributed by atoms with E-state index in [4.69, 9.17) is 5.11 Å². The molecule has 0 bridgehead atoms. The van der Waals surface area contributed by atoms with Crippen LogP contribution < -0.4 is 5.32 Å². The molecule has 0 aromatic carbocycles. The van der Waals surface area contributed by atoms with E-state index in [-0.39, 0.29) is 0 Å². The summed E-state index contributed by atoms with van der Waals surface area (Å²) in [5.74, 6) is -0.465. The van der Waals surface area contributed by atoms with Crippen molar-refractivity contribution >= 4 is 21.9 Å². The van der Waals surface area contributed by atoms with Gasteiger partial charge < -0.3 is 5.11 Å². The summed E-state index contributed by atoms with van der Waals surface area (Å²) >= 11 is 3.28. The maximum absolute atomic E-state index is 11.0. The minimum Gasteiger partial charge on any atom is -0.480 e. The van der Waals surface area contributed by atoms with Crippen LogP contribution in [0.4, 0.5) is 0 Å². The lowest BCUT2D eigenvalue weighted by Gasteiger charge is -2.16. The molecule has 0 saturated heterocycles. The molecule has 1 aromatic rings. The van der Waals surface area contributed by atoms with E-state index in [0.29, 0.717) is 18.9 Å². The molecule has 17 heavy (non-hydrogen) atoms. The fraction of sp³-hybridized carbons (Fsp3) is 0.500. The third kappa shape index (κ3) is 5.28. The smallest absolute Gasteiger partial charge is 0.320 e. The van der Waals surface area contributed by atoms with Crippen molar-refractivity contribution in [3.05, 3.63) is 28.5 Å². The standard InChI is InChI=1S/C12H17BrN2O2/c1-8(2)6-10(12(16)17)14-7-9-4-3-5-11(13)15-9/h3-5,8,10,14H,6-7H2,1-2H3,(H,16,17). The molecule has 0 aliphatic rings. The first-order chi connectivity index (χ1) is 7.99. The van der Waals surface area contributed by atoms with Gasteiger partial charge in [-0.05, 0) is 40.4 Å². The van der Waals surface area contributed by atoms with E-state index in [1.165, 1.54) is 0 Å². The first-order valence-electron chi connectivity index (χ1n) is 5.56. The van der Waals surface area contributed by atoms with Crippen LogP contribution in [0, 0.1) is 5.92 Å². The Kier molecular flexibility index (Phi) is 5.58. The second-order valence-electron chi connectivity index (χ2n) is 4.35. The van der Waals surface area contributed by atoms with Gasteiger partial charge >= 0.3 is 5.97 Å². The largest absolute Gasteiger partial charge is 0.480 e. The lowest BCUT2D eigenvalue weighted by molar-refractivity contribution is -0.140. The molecule has 0 spiro atoms. The maximum atomic E-state index is 11.0. The number of rotatable bonds is 6. The molecule has 0 fully saturated rings. The molecule has 1 rings (SSSR count). The third-order valence-electron chi connectivity index (χ3n) is 2.31. The van der Waals surface area contributed by atoms with Crippen molar-refractivity contribution < 1.29 is 9.90 Å². The number of aliphatic carboxylic acids is 1. The molecule has 0 radical (unpaired) electrons. The molecule has 2 N–H and O–H groups in total. The highest BCUT2D eigenvalue weighted by Gasteiger charge is 2.18. The number of nitrogens with zero attached hydrogens (tertiary/aromatic N) is 1. The van der Waals surface area contributed by atoms with Crippen molar-refractivity contribution in [3.8, 4) is 0 Å². The second kappa shape index (κ2) is 6.71. The van der Waals surface area contributed by atoms with Crippen molar-refractivity contribution in [2.75, 3.05) is 0 Å². The van der Waals surface area contributed by atoms with E-state index in [0.717, 1.165) is 10.3 Å². The topological polar surface area (TPSA) is 62.2 Å². The molecule has 1 heterocycles. The van der Waals surface area contributed by atoms with Crippen molar-refractivity contribution in [1.29, 1.82) is 0 Å². The average Bonchev–Trinajstić information content (AvgIpc) is 2.23. The first kappa shape index (κ1) is 14.1. The summed E-state index contributed by atoms with van der Waals surface area (Å²) in [6.07, 6.45) is 0.614. The number of nitrogens with one attached hydrogen (secondary N) is 1. The molecule has 0 saturated carbocycles. The SMILES string of the molecule is CC(C)CC(NCc1cccc(Br)n1)C(=O)O. The Morgan fingerprint density at radius 3 is 2.76 bits per heavy atom. The first-order valence-corrected chi connectivity index (χ1v) is 6.36. The summed E-state index contributed by atoms with van der Waals surface area (Å²) in [4.78, 5) is 15.3. The van der Waals surface area contributed by atoms with Gasteiger partial charge in [0.15, 0.2) is 0 Å². The summed E-state index contributed by atoms with van der Waals surface area (Å²) < 4.78 is 0.757. The Bertz CT molecular complexity index is 383. The van der Waals surface area contributed by atoms with Gasteiger partial charge in [0.05, 0.1) is 5.69 Å². The number of halogens is 1.